The van der Waals surface area contributed by atoms with Gasteiger partial charge in [-0.1, -0.05) is 11.6 Å². The zero-order valence-electron chi connectivity index (χ0n) is 7.26. The average Bonchev–Trinajstić information content (AvgIpc) is 2.65. The molecule has 0 saturated carbocycles. The van der Waals surface area contributed by atoms with Gasteiger partial charge in [0.1, 0.15) is 0 Å². The highest BCUT2D eigenvalue weighted by Gasteiger charge is 2.05. The van der Waals surface area contributed by atoms with Gasteiger partial charge >= 0.3 is 0 Å². The first-order valence-electron chi connectivity index (χ1n) is 4.02. The lowest BCUT2D eigenvalue weighted by molar-refractivity contribution is 0.791. The van der Waals surface area contributed by atoms with Crippen LogP contribution >= 0.6 is 11.6 Å². The summed E-state index contributed by atoms with van der Waals surface area (Å²) in [6, 6.07) is 1.80. The molecule has 0 fully saturated rings. The van der Waals surface area contributed by atoms with Gasteiger partial charge < -0.3 is 5.73 Å². The Morgan fingerprint density at radius 2 is 2.36 bits per heavy atom. The first-order chi connectivity index (χ1) is 6.81. The Balaban J connectivity index is 2.50. The van der Waals surface area contributed by atoms with Crippen LogP contribution in [0.5, 0.6) is 0 Å². The van der Waals surface area contributed by atoms with E-state index >= 15 is 0 Å². The molecule has 0 amide bonds. The molecular weight excluding hydrogens is 202 g/mol. The Morgan fingerprint density at radius 3 is 3.00 bits per heavy atom. The zero-order valence-corrected chi connectivity index (χ0v) is 8.02. The maximum atomic E-state index is 5.74. The second-order valence-electron chi connectivity index (χ2n) is 2.69. The summed E-state index contributed by atoms with van der Waals surface area (Å²) in [4.78, 5) is 0. The molecule has 0 aromatic carbocycles. The minimum Gasteiger partial charge on any atom is -0.326 e. The molecule has 0 bridgehead atoms. The van der Waals surface area contributed by atoms with Gasteiger partial charge in [-0.25, -0.2) is 4.68 Å². The summed E-state index contributed by atoms with van der Waals surface area (Å²) in [7, 11) is 0. The van der Waals surface area contributed by atoms with Crippen molar-refractivity contribution in [2.75, 3.05) is 0 Å². The lowest BCUT2D eigenvalue weighted by Crippen LogP contribution is -2.07. The van der Waals surface area contributed by atoms with Crippen LogP contribution in [0.25, 0.3) is 5.82 Å². The predicted molar refractivity (Wildman–Crippen MR) is 52.1 cm³/mol. The van der Waals surface area contributed by atoms with E-state index in [2.05, 4.69) is 15.3 Å². The normalized spacial score (nSPS) is 10.4. The van der Waals surface area contributed by atoms with Gasteiger partial charge in [0.05, 0.1) is 23.6 Å². The van der Waals surface area contributed by atoms with Gasteiger partial charge in [0.15, 0.2) is 5.82 Å². The third-order valence-electron chi connectivity index (χ3n) is 1.77. The van der Waals surface area contributed by atoms with E-state index in [0.29, 0.717) is 17.4 Å². The summed E-state index contributed by atoms with van der Waals surface area (Å²) in [5.41, 5.74) is 6.43. The number of halogens is 1. The van der Waals surface area contributed by atoms with Gasteiger partial charge in [-0.05, 0) is 6.07 Å². The summed E-state index contributed by atoms with van der Waals surface area (Å²) in [5.74, 6) is 0.613. The number of aromatic nitrogens is 4. The van der Waals surface area contributed by atoms with Crippen molar-refractivity contribution < 1.29 is 0 Å². The number of hydrogen-bond acceptors (Lipinski definition) is 4. The molecule has 0 aliphatic carbocycles. The average molecular weight is 210 g/mol. The number of nitrogens with zero attached hydrogens (tertiary/aromatic N) is 4. The van der Waals surface area contributed by atoms with E-state index in [1.807, 2.05) is 0 Å². The van der Waals surface area contributed by atoms with Crippen LogP contribution in [0.4, 0.5) is 0 Å². The van der Waals surface area contributed by atoms with Crippen LogP contribution in [0, 0.1) is 0 Å². The molecule has 0 radical (unpaired) electrons. The fourth-order valence-electron chi connectivity index (χ4n) is 1.12. The lowest BCUT2D eigenvalue weighted by atomic mass is 10.3. The highest BCUT2D eigenvalue weighted by atomic mass is 35.5. The molecule has 2 aromatic heterocycles. The molecule has 0 atom stereocenters. The first kappa shape index (κ1) is 9.11. The maximum Gasteiger partial charge on any atom is 0.180 e. The quantitative estimate of drug-likeness (QED) is 0.794. The van der Waals surface area contributed by atoms with Crippen LogP contribution in [0.15, 0.2) is 24.7 Å². The van der Waals surface area contributed by atoms with E-state index in [4.69, 9.17) is 17.3 Å². The predicted octanol–water partition coefficient (Wildman–Crippen LogP) is 0.774. The van der Waals surface area contributed by atoms with Gasteiger partial charge in [-0.15, -0.1) is 5.10 Å². The van der Waals surface area contributed by atoms with Gasteiger partial charge in [0.2, 0.25) is 0 Å². The molecule has 6 heteroatoms. The van der Waals surface area contributed by atoms with Gasteiger partial charge in [0, 0.05) is 12.1 Å². The van der Waals surface area contributed by atoms with Crippen LogP contribution in [0.2, 0.25) is 5.02 Å². The lowest BCUT2D eigenvalue weighted by Gasteiger charge is -2.03. The zero-order chi connectivity index (χ0) is 9.97. The molecule has 0 saturated heterocycles. The van der Waals surface area contributed by atoms with E-state index in [1.54, 1.807) is 23.1 Å². The Hall–Kier alpha value is -1.46. The summed E-state index contributed by atoms with van der Waals surface area (Å²) >= 11 is 5.74. The second kappa shape index (κ2) is 3.73. The molecule has 0 aliphatic heterocycles. The fraction of sp³-hybridized carbons (Fsp3) is 0.125. The van der Waals surface area contributed by atoms with Crippen molar-refractivity contribution in [1.82, 2.24) is 20.0 Å². The maximum absolute atomic E-state index is 5.74. The third kappa shape index (κ3) is 1.59. The van der Waals surface area contributed by atoms with Crippen LogP contribution in [-0.4, -0.2) is 20.0 Å². The number of hydrogen-bond donors (Lipinski definition) is 1. The van der Waals surface area contributed by atoms with Crippen molar-refractivity contribution >= 4 is 11.6 Å². The van der Waals surface area contributed by atoms with Gasteiger partial charge in [0.25, 0.3) is 0 Å². The van der Waals surface area contributed by atoms with Crippen LogP contribution in [-0.2, 0) is 6.54 Å². The van der Waals surface area contributed by atoms with Crippen molar-refractivity contribution in [3.63, 3.8) is 0 Å². The summed E-state index contributed by atoms with van der Waals surface area (Å²) in [6.07, 6.45) is 4.79. The van der Waals surface area contributed by atoms with Crippen molar-refractivity contribution in [3.05, 3.63) is 35.2 Å². The molecule has 0 aliphatic rings. The highest BCUT2D eigenvalue weighted by Crippen LogP contribution is 2.12. The largest absolute Gasteiger partial charge is 0.326 e. The summed E-state index contributed by atoms with van der Waals surface area (Å²) in [6.45, 7) is 0.391. The van der Waals surface area contributed by atoms with Crippen molar-refractivity contribution in [1.29, 1.82) is 0 Å². The molecule has 2 N–H and O–H groups in total. The molecular formula is C8H8ClN5. The van der Waals surface area contributed by atoms with E-state index in [0.717, 1.165) is 5.56 Å². The first-order valence-corrected chi connectivity index (χ1v) is 4.40. The number of rotatable bonds is 2. The van der Waals surface area contributed by atoms with Crippen molar-refractivity contribution in [2.24, 2.45) is 5.73 Å². The molecule has 2 rings (SSSR count). The molecule has 2 heterocycles. The van der Waals surface area contributed by atoms with Gasteiger partial charge in [-0.3, -0.25) is 0 Å². The van der Waals surface area contributed by atoms with Crippen LogP contribution in [0.3, 0.4) is 0 Å². The van der Waals surface area contributed by atoms with E-state index in [9.17, 15) is 0 Å². The SMILES string of the molecule is NCc1ccnnc1-n1cc(Cl)cn1. The van der Waals surface area contributed by atoms with Crippen molar-refractivity contribution in [2.45, 2.75) is 6.54 Å². The van der Waals surface area contributed by atoms with E-state index in [1.165, 1.54) is 6.20 Å². The Labute approximate surface area is 85.5 Å². The molecule has 2 aromatic rings. The molecule has 0 unspecified atom stereocenters. The summed E-state index contributed by atoms with van der Waals surface area (Å²) < 4.78 is 1.55. The topological polar surface area (TPSA) is 69.6 Å². The van der Waals surface area contributed by atoms with Crippen molar-refractivity contribution in [3.8, 4) is 5.82 Å². The smallest absolute Gasteiger partial charge is 0.180 e. The Bertz CT molecular complexity index is 439. The summed E-state index contributed by atoms with van der Waals surface area (Å²) in [5, 5.41) is 12.3. The van der Waals surface area contributed by atoms with Crippen LogP contribution in [0.1, 0.15) is 5.56 Å². The molecule has 14 heavy (non-hydrogen) atoms. The molecule has 5 nitrogen and oxygen atoms in total. The molecule has 0 spiro atoms. The van der Waals surface area contributed by atoms with Gasteiger partial charge in [-0.2, -0.15) is 10.2 Å². The highest BCUT2D eigenvalue weighted by molar-refractivity contribution is 6.30. The Morgan fingerprint density at radius 1 is 1.50 bits per heavy atom. The Kier molecular flexibility index (Phi) is 2.43. The minimum absolute atomic E-state index is 0.391. The monoisotopic (exact) mass is 209 g/mol. The van der Waals surface area contributed by atoms with E-state index in [-0.39, 0.29) is 0 Å². The minimum atomic E-state index is 0.391. The standard InChI is InChI=1S/C8H8ClN5/c9-7-4-12-14(5-7)8-6(3-10)1-2-11-13-8/h1-2,4-5H,3,10H2. The third-order valence-corrected chi connectivity index (χ3v) is 1.97. The number of nitrogens with two attached hydrogens (primary N) is 1. The second-order valence-corrected chi connectivity index (χ2v) is 3.12. The fourth-order valence-corrected chi connectivity index (χ4v) is 1.26. The van der Waals surface area contributed by atoms with Crippen LogP contribution < -0.4 is 5.73 Å². The molecule has 72 valence electrons. The van der Waals surface area contributed by atoms with E-state index < -0.39 is 0 Å².